The number of aromatic nitrogens is 4. The predicted molar refractivity (Wildman–Crippen MR) is 104 cm³/mol. The van der Waals surface area contributed by atoms with Crippen LogP contribution in [0.1, 0.15) is 32.1 Å². The molecule has 9 heteroatoms. The number of halogens is 2. The van der Waals surface area contributed by atoms with Gasteiger partial charge in [0.15, 0.2) is 5.82 Å². The van der Waals surface area contributed by atoms with Crippen molar-refractivity contribution in [2.45, 2.75) is 38.1 Å². The topological polar surface area (TPSA) is 98.7 Å². The second-order valence-corrected chi connectivity index (χ2v) is 6.90. The number of carbonyl (C=O) groups is 1. The Hall–Kier alpha value is -1.70. The van der Waals surface area contributed by atoms with Crippen LogP contribution in [0.3, 0.4) is 0 Å². The molecule has 0 saturated heterocycles. The van der Waals surface area contributed by atoms with Gasteiger partial charge in [0.1, 0.15) is 12.7 Å². The first-order valence-electron chi connectivity index (χ1n) is 8.59. The van der Waals surface area contributed by atoms with Crippen LogP contribution in [0.4, 0.5) is 5.69 Å². The van der Waals surface area contributed by atoms with Crippen LogP contribution in [0.25, 0.3) is 5.82 Å². The van der Waals surface area contributed by atoms with Crippen molar-refractivity contribution in [1.29, 1.82) is 0 Å². The van der Waals surface area contributed by atoms with Gasteiger partial charge < -0.3 is 11.1 Å². The van der Waals surface area contributed by atoms with Crippen molar-refractivity contribution in [1.82, 2.24) is 19.7 Å². The van der Waals surface area contributed by atoms with Crippen LogP contribution in [0.15, 0.2) is 31.0 Å². The molecule has 0 radical (unpaired) electrons. The number of anilines is 1. The first-order valence-corrected chi connectivity index (χ1v) is 8.59. The van der Waals surface area contributed by atoms with E-state index in [1.165, 1.54) is 12.7 Å². The van der Waals surface area contributed by atoms with E-state index in [0.29, 0.717) is 23.3 Å². The van der Waals surface area contributed by atoms with Gasteiger partial charge in [-0.15, -0.1) is 24.8 Å². The van der Waals surface area contributed by atoms with E-state index in [4.69, 9.17) is 5.73 Å². The Labute approximate surface area is 165 Å². The average Bonchev–Trinajstić information content (AvgIpc) is 3.09. The number of fused-ring (bicyclic) bond motifs is 2. The second-order valence-electron chi connectivity index (χ2n) is 6.90. The summed E-state index contributed by atoms with van der Waals surface area (Å²) < 4.78 is 1.56. The highest BCUT2D eigenvalue weighted by Crippen LogP contribution is 2.42. The number of pyridine rings is 1. The highest BCUT2D eigenvalue weighted by molar-refractivity contribution is 5.94. The minimum Gasteiger partial charge on any atom is -0.327 e. The minimum atomic E-state index is 0. The van der Waals surface area contributed by atoms with Gasteiger partial charge in [-0.05, 0) is 49.7 Å². The predicted octanol–water partition coefficient (Wildman–Crippen LogP) is 2.60. The van der Waals surface area contributed by atoms with Crippen LogP contribution < -0.4 is 11.1 Å². The summed E-state index contributed by atoms with van der Waals surface area (Å²) in [5.74, 6) is 1.64. The molecule has 142 valence electrons. The molecule has 0 aliphatic heterocycles. The zero-order valence-electron chi connectivity index (χ0n) is 14.3. The van der Waals surface area contributed by atoms with Gasteiger partial charge in [0.05, 0.1) is 5.69 Å². The molecule has 2 aliphatic rings. The fourth-order valence-corrected chi connectivity index (χ4v) is 4.23. The summed E-state index contributed by atoms with van der Waals surface area (Å²) >= 11 is 0. The number of rotatable bonds is 3. The molecule has 0 aromatic carbocycles. The van der Waals surface area contributed by atoms with E-state index in [2.05, 4.69) is 20.4 Å². The second kappa shape index (κ2) is 8.79. The summed E-state index contributed by atoms with van der Waals surface area (Å²) in [5, 5.41) is 7.14. The molecule has 0 spiro atoms. The highest BCUT2D eigenvalue weighted by Gasteiger charge is 2.40. The van der Waals surface area contributed by atoms with Gasteiger partial charge in [-0.3, -0.25) is 4.79 Å². The van der Waals surface area contributed by atoms with Gasteiger partial charge in [0.2, 0.25) is 5.91 Å². The summed E-state index contributed by atoms with van der Waals surface area (Å²) in [6.07, 6.45) is 10.0. The molecule has 2 aromatic heterocycles. The molecule has 2 atom stereocenters. The van der Waals surface area contributed by atoms with Crippen molar-refractivity contribution in [3.63, 3.8) is 0 Å². The fourth-order valence-electron chi connectivity index (χ4n) is 4.23. The number of nitrogens with one attached hydrogen (secondary N) is 1. The molecule has 2 saturated carbocycles. The summed E-state index contributed by atoms with van der Waals surface area (Å²) in [5.41, 5.74) is 6.99. The van der Waals surface area contributed by atoms with Crippen LogP contribution in [-0.2, 0) is 4.79 Å². The summed E-state index contributed by atoms with van der Waals surface area (Å²) in [6, 6.07) is 3.92. The third kappa shape index (κ3) is 4.00. The van der Waals surface area contributed by atoms with E-state index in [-0.39, 0.29) is 42.7 Å². The molecular weight excluding hydrogens is 375 g/mol. The normalized spacial score (nSPS) is 27.0. The number of nitrogens with two attached hydrogens (primary N) is 1. The zero-order chi connectivity index (χ0) is 16.5. The molecule has 7 nitrogen and oxygen atoms in total. The van der Waals surface area contributed by atoms with Crippen LogP contribution >= 0.6 is 24.8 Å². The molecular formula is C17H24Cl2N6O. The van der Waals surface area contributed by atoms with Gasteiger partial charge >= 0.3 is 0 Å². The molecule has 3 N–H and O–H groups in total. The third-order valence-electron chi connectivity index (χ3n) is 5.46. The fraction of sp³-hybridized carbons (Fsp3) is 0.529. The molecule has 2 fully saturated rings. The maximum Gasteiger partial charge on any atom is 0.227 e. The van der Waals surface area contributed by atoms with Crippen molar-refractivity contribution >= 4 is 36.4 Å². The Kier molecular flexibility index (Phi) is 6.97. The highest BCUT2D eigenvalue weighted by atomic mass is 35.5. The van der Waals surface area contributed by atoms with Crippen LogP contribution in [0.2, 0.25) is 0 Å². The minimum absolute atomic E-state index is 0. The monoisotopic (exact) mass is 398 g/mol. The first-order chi connectivity index (χ1) is 11.7. The smallest absolute Gasteiger partial charge is 0.227 e. The van der Waals surface area contributed by atoms with Crippen molar-refractivity contribution in [2.75, 3.05) is 5.32 Å². The Morgan fingerprint density at radius 1 is 1.23 bits per heavy atom. The van der Waals surface area contributed by atoms with E-state index in [1.54, 1.807) is 17.2 Å². The standard InChI is InChI=1S/C17H22N6O.2ClH/c18-15-11-3-1-4-12(15)8-13(7-11)17(24)22-14-5-2-6-20-16(14)23-10-19-9-21-23;;/h2,5-6,9-13,15H,1,3-4,7-8,18H2,(H,22,24);2*1H. The maximum atomic E-state index is 12.8. The number of carbonyl (C=O) groups excluding carboxylic acids is 1. The maximum absolute atomic E-state index is 12.8. The third-order valence-corrected chi connectivity index (χ3v) is 5.46. The number of hydrogen-bond acceptors (Lipinski definition) is 5. The zero-order valence-corrected chi connectivity index (χ0v) is 16.0. The lowest BCUT2D eigenvalue weighted by Crippen LogP contribution is -2.48. The molecule has 26 heavy (non-hydrogen) atoms. The van der Waals surface area contributed by atoms with Gasteiger partial charge in [-0.25, -0.2) is 14.6 Å². The molecule has 4 rings (SSSR count). The lowest BCUT2D eigenvalue weighted by Gasteiger charge is -2.43. The van der Waals surface area contributed by atoms with Gasteiger partial charge in [-0.2, -0.15) is 5.10 Å². The summed E-state index contributed by atoms with van der Waals surface area (Å²) in [7, 11) is 0. The van der Waals surface area contributed by atoms with Crippen molar-refractivity contribution < 1.29 is 4.79 Å². The molecule has 2 heterocycles. The van der Waals surface area contributed by atoms with E-state index < -0.39 is 0 Å². The Bertz CT molecular complexity index is 712. The lowest BCUT2D eigenvalue weighted by atomic mass is 9.65. The van der Waals surface area contributed by atoms with Crippen molar-refractivity contribution in [2.24, 2.45) is 23.5 Å². The SMILES string of the molecule is Cl.Cl.NC1C2CCCC1CC(C(=O)Nc1cccnc1-n1cncn1)C2. The van der Waals surface area contributed by atoms with E-state index >= 15 is 0 Å². The molecule has 1 amide bonds. The van der Waals surface area contributed by atoms with Gasteiger partial charge in [0, 0.05) is 18.2 Å². The Balaban J connectivity index is 0.00000121. The number of hydrogen-bond donors (Lipinski definition) is 2. The Morgan fingerprint density at radius 3 is 2.62 bits per heavy atom. The molecule has 2 aromatic rings. The molecule has 2 aliphatic carbocycles. The van der Waals surface area contributed by atoms with Crippen LogP contribution in [0, 0.1) is 17.8 Å². The number of nitrogens with zero attached hydrogens (tertiary/aromatic N) is 4. The summed E-state index contributed by atoms with van der Waals surface area (Å²) in [4.78, 5) is 21.1. The van der Waals surface area contributed by atoms with E-state index in [9.17, 15) is 4.79 Å². The average molecular weight is 399 g/mol. The molecule has 2 bridgehead atoms. The van der Waals surface area contributed by atoms with E-state index in [0.717, 1.165) is 25.7 Å². The first kappa shape index (κ1) is 20.6. The largest absolute Gasteiger partial charge is 0.327 e. The molecule has 2 unspecified atom stereocenters. The van der Waals surface area contributed by atoms with Crippen LogP contribution in [0.5, 0.6) is 0 Å². The quantitative estimate of drug-likeness (QED) is 0.827. The van der Waals surface area contributed by atoms with Gasteiger partial charge in [-0.1, -0.05) is 6.42 Å². The van der Waals surface area contributed by atoms with Crippen molar-refractivity contribution in [3.05, 3.63) is 31.0 Å². The lowest BCUT2D eigenvalue weighted by molar-refractivity contribution is -0.122. The van der Waals surface area contributed by atoms with Crippen LogP contribution in [-0.4, -0.2) is 31.7 Å². The summed E-state index contributed by atoms with van der Waals surface area (Å²) in [6.45, 7) is 0. The number of amides is 1. The van der Waals surface area contributed by atoms with Gasteiger partial charge in [0.25, 0.3) is 0 Å². The van der Waals surface area contributed by atoms with Crippen molar-refractivity contribution in [3.8, 4) is 5.82 Å². The Morgan fingerprint density at radius 2 is 1.96 bits per heavy atom. The van der Waals surface area contributed by atoms with E-state index in [1.807, 2.05) is 12.1 Å².